The highest BCUT2D eigenvalue weighted by Gasteiger charge is 2.36. The standard InChI is InChI=1S/C14H10BrN5O2/c15-10-7-17-19-5-3-12(18-13(10)19)20-11(8-22-14(20)21)9-2-1-4-16-6-9/h1-7,11H,8H2. The molecule has 22 heavy (non-hydrogen) atoms. The minimum Gasteiger partial charge on any atom is -0.447 e. The molecule has 0 bridgehead atoms. The number of ether oxygens (including phenoxy) is 1. The minimum absolute atomic E-state index is 0.238. The molecule has 0 aliphatic carbocycles. The van der Waals surface area contributed by atoms with Crippen LogP contribution in [0.25, 0.3) is 5.65 Å². The highest BCUT2D eigenvalue weighted by molar-refractivity contribution is 9.10. The van der Waals surface area contributed by atoms with Gasteiger partial charge in [-0.15, -0.1) is 0 Å². The lowest BCUT2D eigenvalue weighted by atomic mass is 10.1. The number of fused-ring (bicyclic) bond motifs is 1. The van der Waals surface area contributed by atoms with Gasteiger partial charge in [-0.1, -0.05) is 6.07 Å². The number of hydrogen-bond acceptors (Lipinski definition) is 5. The first kappa shape index (κ1) is 13.2. The van der Waals surface area contributed by atoms with E-state index in [1.54, 1.807) is 35.4 Å². The quantitative estimate of drug-likeness (QED) is 0.703. The number of carbonyl (C=O) groups excluding carboxylic acids is 1. The summed E-state index contributed by atoms with van der Waals surface area (Å²) in [5.74, 6) is 0.519. The van der Waals surface area contributed by atoms with Crippen molar-refractivity contribution in [2.75, 3.05) is 11.5 Å². The first-order chi connectivity index (χ1) is 10.7. The van der Waals surface area contributed by atoms with E-state index in [-0.39, 0.29) is 12.6 Å². The highest BCUT2D eigenvalue weighted by atomic mass is 79.9. The summed E-state index contributed by atoms with van der Waals surface area (Å²) in [5, 5.41) is 4.14. The molecule has 4 rings (SSSR count). The summed E-state index contributed by atoms with van der Waals surface area (Å²) in [6.07, 6.45) is 6.43. The Hall–Kier alpha value is -2.48. The average Bonchev–Trinajstić information content (AvgIpc) is 3.11. The van der Waals surface area contributed by atoms with Gasteiger partial charge in [-0.25, -0.2) is 14.3 Å². The zero-order valence-electron chi connectivity index (χ0n) is 11.3. The van der Waals surface area contributed by atoms with Crippen LogP contribution in [0.4, 0.5) is 10.6 Å². The minimum atomic E-state index is -0.415. The molecule has 0 aromatic carbocycles. The number of pyridine rings is 1. The largest absolute Gasteiger partial charge is 0.447 e. The number of carbonyl (C=O) groups is 1. The fraction of sp³-hybridized carbons (Fsp3) is 0.143. The summed E-state index contributed by atoms with van der Waals surface area (Å²) in [7, 11) is 0. The molecule has 7 nitrogen and oxygen atoms in total. The van der Waals surface area contributed by atoms with Crippen molar-refractivity contribution in [3.63, 3.8) is 0 Å². The zero-order chi connectivity index (χ0) is 15.1. The Labute approximate surface area is 133 Å². The second kappa shape index (κ2) is 5.06. The molecule has 0 saturated carbocycles. The van der Waals surface area contributed by atoms with Gasteiger partial charge in [0.2, 0.25) is 0 Å². The Morgan fingerprint density at radius 3 is 3.05 bits per heavy atom. The van der Waals surface area contributed by atoms with E-state index in [0.29, 0.717) is 11.5 Å². The Bertz CT molecular complexity index is 851. The first-order valence-corrected chi connectivity index (χ1v) is 7.39. The monoisotopic (exact) mass is 359 g/mol. The molecule has 0 radical (unpaired) electrons. The van der Waals surface area contributed by atoms with Crippen molar-refractivity contribution in [2.45, 2.75) is 6.04 Å². The molecule has 1 unspecified atom stereocenters. The number of anilines is 1. The second-order valence-corrected chi connectivity index (χ2v) is 5.65. The fourth-order valence-electron chi connectivity index (χ4n) is 2.46. The molecule has 3 aromatic heterocycles. The van der Waals surface area contributed by atoms with Crippen LogP contribution in [0, 0.1) is 0 Å². The van der Waals surface area contributed by atoms with Crippen molar-refractivity contribution in [1.29, 1.82) is 0 Å². The van der Waals surface area contributed by atoms with E-state index in [4.69, 9.17) is 4.74 Å². The average molecular weight is 360 g/mol. The van der Waals surface area contributed by atoms with Crippen molar-refractivity contribution in [1.82, 2.24) is 19.6 Å². The van der Waals surface area contributed by atoms with Crippen LogP contribution < -0.4 is 4.90 Å². The molecular weight excluding hydrogens is 350 g/mol. The molecule has 1 aliphatic rings. The van der Waals surface area contributed by atoms with Crippen molar-refractivity contribution in [3.8, 4) is 0 Å². The number of amides is 1. The van der Waals surface area contributed by atoms with E-state index in [1.807, 2.05) is 12.1 Å². The van der Waals surface area contributed by atoms with Gasteiger partial charge in [0.25, 0.3) is 0 Å². The Morgan fingerprint density at radius 2 is 2.23 bits per heavy atom. The van der Waals surface area contributed by atoms with Gasteiger partial charge in [0.15, 0.2) is 5.65 Å². The second-order valence-electron chi connectivity index (χ2n) is 4.80. The third-order valence-corrected chi connectivity index (χ3v) is 4.06. The number of nitrogens with zero attached hydrogens (tertiary/aromatic N) is 5. The van der Waals surface area contributed by atoms with Crippen molar-refractivity contribution < 1.29 is 9.53 Å². The summed E-state index contributed by atoms with van der Waals surface area (Å²) in [4.78, 5) is 22.3. The molecule has 0 spiro atoms. The number of hydrogen-bond donors (Lipinski definition) is 0. The molecule has 4 heterocycles. The molecule has 0 N–H and O–H groups in total. The third kappa shape index (κ3) is 2.03. The maximum Gasteiger partial charge on any atom is 0.416 e. The SMILES string of the molecule is O=C1OCC(c2cccnc2)N1c1ccn2ncc(Br)c2n1. The lowest BCUT2D eigenvalue weighted by molar-refractivity contribution is 0.179. The van der Waals surface area contributed by atoms with Gasteiger partial charge in [-0.05, 0) is 33.6 Å². The van der Waals surface area contributed by atoms with Crippen molar-refractivity contribution in [3.05, 3.63) is 53.0 Å². The third-order valence-electron chi connectivity index (χ3n) is 3.50. The van der Waals surface area contributed by atoms with Gasteiger partial charge in [0.1, 0.15) is 18.5 Å². The van der Waals surface area contributed by atoms with Gasteiger partial charge in [0, 0.05) is 18.6 Å². The van der Waals surface area contributed by atoms with Gasteiger partial charge < -0.3 is 4.74 Å². The highest BCUT2D eigenvalue weighted by Crippen LogP contribution is 2.32. The van der Waals surface area contributed by atoms with E-state index in [0.717, 1.165) is 10.0 Å². The van der Waals surface area contributed by atoms with Crippen LogP contribution in [-0.4, -0.2) is 32.3 Å². The van der Waals surface area contributed by atoms with E-state index in [2.05, 4.69) is 31.0 Å². The van der Waals surface area contributed by atoms with E-state index >= 15 is 0 Å². The van der Waals surface area contributed by atoms with Crippen LogP contribution in [0.1, 0.15) is 11.6 Å². The predicted octanol–water partition coefficient (Wildman–Crippen LogP) is 2.58. The maximum absolute atomic E-state index is 12.1. The Morgan fingerprint density at radius 1 is 1.32 bits per heavy atom. The number of rotatable bonds is 2. The number of halogens is 1. The van der Waals surface area contributed by atoms with Gasteiger partial charge in [-0.3, -0.25) is 9.88 Å². The predicted molar refractivity (Wildman–Crippen MR) is 81.5 cm³/mol. The lowest BCUT2D eigenvalue weighted by Gasteiger charge is -2.20. The lowest BCUT2D eigenvalue weighted by Crippen LogP contribution is -2.28. The Balaban J connectivity index is 1.80. The molecule has 110 valence electrons. The number of cyclic esters (lactones) is 1. The molecule has 1 amide bonds. The first-order valence-electron chi connectivity index (χ1n) is 6.60. The van der Waals surface area contributed by atoms with E-state index in [1.165, 1.54) is 4.90 Å². The fourth-order valence-corrected chi connectivity index (χ4v) is 2.82. The molecule has 3 aromatic rings. The summed E-state index contributed by atoms with van der Waals surface area (Å²) >= 11 is 3.39. The smallest absolute Gasteiger partial charge is 0.416 e. The topological polar surface area (TPSA) is 72.6 Å². The Kier molecular flexibility index (Phi) is 3.04. The summed E-state index contributed by atoms with van der Waals surface area (Å²) in [5.41, 5.74) is 1.55. The van der Waals surface area contributed by atoms with Crippen molar-refractivity contribution >= 4 is 33.5 Å². The van der Waals surface area contributed by atoms with Crippen LogP contribution in [0.15, 0.2) is 47.5 Å². The number of aromatic nitrogens is 4. The molecule has 8 heteroatoms. The van der Waals surface area contributed by atoms with Crippen molar-refractivity contribution in [2.24, 2.45) is 0 Å². The van der Waals surface area contributed by atoms with Crippen LogP contribution in [-0.2, 0) is 4.74 Å². The molecule has 1 fully saturated rings. The molecule has 1 atom stereocenters. The van der Waals surface area contributed by atoms with Gasteiger partial charge in [0.05, 0.1) is 10.7 Å². The van der Waals surface area contributed by atoms with E-state index < -0.39 is 6.09 Å². The molecule has 1 aliphatic heterocycles. The van der Waals surface area contributed by atoms with E-state index in [9.17, 15) is 4.79 Å². The maximum atomic E-state index is 12.1. The van der Waals surface area contributed by atoms with Crippen LogP contribution in [0.3, 0.4) is 0 Å². The van der Waals surface area contributed by atoms with Gasteiger partial charge >= 0.3 is 6.09 Å². The molecular formula is C14H10BrN5O2. The van der Waals surface area contributed by atoms with Crippen LogP contribution in [0.2, 0.25) is 0 Å². The summed E-state index contributed by atoms with van der Waals surface area (Å²) in [6, 6.07) is 5.25. The summed E-state index contributed by atoms with van der Waals surface area (Å²) in [6.45, 7) is 0.276. The zero-order valence-corrected chi connectivity index (χ0v) is 12.8. The molecule has 1 saturated heterocycles. The summed E-state index contributed by atoms with van der Waals surface area (Å²) < 4.78 is 7.59. The van der Waals surface area contributed by atoms with Crippen LogP contribution >= 0.6 is 15.9 Å². The van der Waals surface area contributed by atoms with Crippen LogP contribution in [0.5, 0.6) is 0 Å². The van der Waals surface area contributed by atoms with Gasteiger partial charge in [-0.2, -0.15) is 5.10 Å². The normalized spacial score (nSPS) is 18.0.